The molecule has 0 atom stereocenters. The lowest BCUT2D eigenvalue weighted by Gasteiger charge is -2.19. The number of hydrogen-bond donors (Lipinski definition) is 0. The van der Waals surface area contributed by atoms with E-state index < -0.39 is 0 Å². The summed E-state index contributed by atoms with van der Waals surface area (Å²) in [4.78, 5) is 4.22. The molecule has 14 heavy (non-hydrogen) atoms. The largest absolute Gasteiger partial charge is 0.483 e. The van der Waals surface area contributed by atoms with Gasteiger partial charge in [0.15, 0.2) is 5.82 Å². The molecule has 70 valence electrons. The zero-order chi connectivity index (χ0) is 9.54. The summed E-state index contributed by atoms with van der Waals surface area (Å²) in [5.41, 5.74) is 2.29. The summed E-state index contributed by atoms with van der Waals surface area (Å²) >= 11 is 0. The molecule has 0 amide bonds. The summed E-state index contributed by atoms with van der Waals surface area (Å²) in [5.74, 6) is 1.90. The quantitative estimate of drug-likeness (QED) is 0.629. The normalized spacial score (nSPS) is 12.9. The van der Waals surface area contributed by atoms with Gasteiger partial charge in [-0.05, 0) is 24.6 Å². The van der Waals surface area contributed by atoms with E-state index in [1.54, 1.807) is 6.20 Å². The lowest BCUT2D eigenvalue weighted by Crippen LogP contribution is -2.12. The van der Waals surface area contributed by atoms with Crippen LogP contribution in [0, 0.1) is 6.92 Å². The third-order valence-corrected chi connectivity index (χ3v) is 2.45. The summed E-state index contributed by atoms with van der Waals surface area (Å²) in [6.07, 6.45) is 3.76. The lowest BCUT2D eigenvalue weighted by molar-refractivity contribution is 0.279. The predicted octanol–water partition coefficient (Wildman–Crippen LogP) is 2.07. The summed E-state index contributed by atoms with van der Waals surface area (Å²) in [7, 11) is 0. The number of rotatable bonds is 0. The van der Waals surface area contributed by atoms with Crippen molar-refractivity contribution in [1.82, 2.24) is 9.55 Å². The highest BCUT2D eigenvalue weighted by atomic mass is 16.5. The number of fused-ring (bicyclic) bond motifs is 3. The van der Waals surface area contributed by atoms with Crippen molar-refractivity contribution in [1.29, 1.82) is 0 Å². The van der Waals surface area contributed by atoms with Crippen molar-refractivity contribution in [3.8, 4) is 11.4 Å². The number of benzene rings is 1. The molecule has 1 aliphatic heterocycles. The second-order valence-corrected chi connectivity index (χ2v) is 3.47. The lowest BCUT2D eigenvalue weighted by atomic mass is 10.2. The maximum atomic E-state index is 5.61. The van der Waals surface area contributed by atoms with Crippen molar-refractivity contribution in [2.45, 2.75) is 13.5 Å². The summed E-state index contributed by atoms with van der Waals surface area (Å²) < 4.78 is 7.67. The molecular formula is C11H10N2O. The standard InChI is InChI=1S/C11H10N2O/c1-8-2-3-9-10(6-8)14-7-11-12-4-5-13(9)11/h2-6H,7H2,1H3. The van der Waals surface area contributed by atoms with E-state index in [1.807, 2.05) is 6.20 Å². The first-order valence-electron chi connectivity index (χ1n) is 4.60. The number of nitrogens with zero attached hydrogens (tertiary/aromatic N) is 2. The Hall–Kier alpha value is -1.77. The maximum Gasteiger partial charge on any atom is 0.151 e. The minimum absolute atomic E-state index is 0.559. The number of aryl methyl sites for hydroxylation is 1. The average molecular weight is 186 g/mol. The molecule has 1 aliphatic rings. The topological polar surface area (TPSA) is 27.1 Å². The van der Waals surface area contributed by atoms with Gasteiger partial charge in [0.2, 0.25) is 0 Å². The van der Waals surface area contributed by atoms with Crippen LogP contribution in [0.25, 0.3) is 5.69 Å². The van der Waals surface area contributed by atoms with E-state index in [1.165, 1.54) is 5.56 Å². The van der Waals surface area contributed by atoms with Gasteiger partial charge in [-0.15, -0.1) is 0 Å². The third-order valence-electron chi connectivity index (χ3n) is 2.45. The zero-order valence-corrected chi connectivity index (χ0v) is 7.90. The zero-order valence-electron chi connectivity index (χ0n) is 7.90. The highest BCUT2D eigenvalue weighted by Crippen LogP contribution is 2.29. The van der Waals surface area contributed by atoms with Crippen LogP contribution in [-0.2, 0) is 6.61 Å². The first-order valence-corrected chi connectivity index (χ1v) is 4.60. The highest BCUT2D eigenvalue weighted by Gasteiger charge is 2.16. The van der Waals surface area contributed by atoms with Gasteiger partial charge >= 0.3 is 0 Å². The second kappa shape index (κ2) is 2.61. The van der Waals surface area contributed by atoms with Crippen molar-refractivity contribution in [2.24, 2.45) is 0 Å². The Balaban J connectivity index is 2.26. The number of aromatic nitrogens is 2. The molecule has 0 saturated carbocycles. The van der Waals surface area contributed by atoms with Crippen LogP contribution in [0.5, 0.6) is 5.75 Å². The van der Waals surface area contributed by atoms with Crippen LogP contribution in [0.15, 0.2) is 30.6 Å². The van der Waals surface area contributed by atoms with Crippen LogP contribution >= 0.6 is 0 Å². The van der Waals surface area contributed by atoms with E-state index in [0.29, 0.717) is 6.61 Å². The van der Waals surface area contributed by atoms with Crippen LogP contribution in [-0.4, -0.2) is 9.55 Å². The molecule has 0 saturated heterocycles. The summed E-state index contributed by atoms with van der Waals surface area (Å²) in [6.45, 7) is 2.62. The molecule has 0 N–H and O–H groups in total. The summed E-state index contributed by atoms with van der Waals surface area (Å²) in [6, 6.07) is 6.20. The number of ether oxygens (including phenoxy) is 1. The number of hydrogen-bond acceptors (Lipinski definition) is 2. The van der Waals surface area contributed by atoms with Crippen molar-refractivity contribution in [3.63, 3.8) is 0 Å². The number of imidazole rings is 1. The molecule has 3 rings (SSSR count). The molecule has 2 heterocycles. The van der Waals surface area contributed by atoms with Gasteiger partial charge in [0.05, 0.1) is 5.69 Å². The molecule has 3 heteroatoms. The fourth-order valence-electron chi connectivity index (χ4n) is 1.74. The van der Waals surface area contributed by atoms with Crippen molar-refractivity contribution < 1.29 is 4.74 Å². The van der Waals surface area contributed by atoms with Gasteiger partial charge in [-0.2, -0.15) is 0 Å². The molecule has 0 bridgehead atoms. The molecular weight excluding hydrogens is 176 g/mol. The van der Waals surface area contributed by atoms with Crippen LogP contribution < -0.4 is 4.74 Å². The molecule has 2 aromatic rings. The van der Waals surface area contributed by atoms with Gasteiger partial charge < -0.3 is 4.74 Å². The molecule has 0 radical (unpaired) electrons. The highest BCUT2D eigenvalue weighted by molar-refractivity contribution is 5.50. The minimum Gasteiger partial charge on any atom is -0.483 e. The van der Waals surface area contributed by atoms with Gasteiger partial charge in [-0.3, -0.25) is 4.57 Å². The molecule has 0 spiro atoms. The minimum atomic E-state index is 0.559. The van der Waals surface area contributed by atoms with Gasteiger partial charge in [-0.25, -0.2) is 4.98 Å². The molecule has 0 fully saturated rings. The first kappa shape index (κ1) is 7.62. The van der Waals surface area contributed by atoms with E-state index in [9.17, 15) is 0 Å². The van der Waals surface area contributed by atoms with Crippen molar-refractivity contribution in [2.75, 3.05) is 0 Å². The van der Waals surface area contributed by atoms with E-state index >= 15 is 0 Å². The monoisotopic (exact) mass is 186 g/mol. The first-order chi connectivity index (χ1) is 6.84. The van der Waals surface area contributed by atoms with Gasteiger partial charge in [0, 0.05) is 12.4 Å². The van der Waals surface area contributed by atoms with E-state index in [0.717, 1.165) is 17.3 Å². The summed E-state index contributed by atoms with van der Waals surface area (Å²) in [5, 5.41) is 0. The Morgan fingerprint density at radius 3 is 3.29 bits per heavy atom. The fraction of sp³-hybridized carbons (Fsp3) is 0.182. The Bertz CT molecular complexity index is 488. The molecule has 1 aromatic carbocycles. The van der Waals surface area contributed by atoms with Gasteiger partial charge in [0.25, 0.3) is 0 Å². The predicted molar refractivity (Wildman–Crippen MR) is 52.6 cm³/mol. The Kier molecular flexibility index (Phi) is 1.42. The molecule has 1 aromatic heterocycles. The molecule has 0 unspecified atom stereocenters. The SMILES string of the molecule is Cc1ccc2c(c1)OCc1nccn1-2. The second-order valence-electron chi connectivity index (χ2n) is 3.47. The fourth-order valence-corrected chi connectivity index (χ4v) is 1.74. The van der Waals surface area contributed by atoms with Gasteiger partial charge in [0.1, 0.15) is 12.4 Å². The van der Waals surface area contributed by atoms with Gasteiger partial charge in [-0.1, -0.05) is 6.07 Å². The van der Waals surface area contributed by atoms with Crippen LogP contribution in [0.2, 0.25) is 0 Å². The Morgan fingerprint density at radius 1 is 1.43 bits per heavy atom. The molecule has 3 nitrogen and oxygen atoms in total. The van der Waals surface area contributed by atoms with E-state index in [2.05, 4.69) is 34.7 Å². The van der Waals surface area contributed by atoms with Crippen molar-refractivity contribution >= 4 is 0 Å². The van der Waals surface area contributed by atoms with Crippen molar-refractivity contribution in [3.05, 3.63) is 42.0 Å². The molecule has 0 aliphatic carbocycles. The van der Waals surface area contributed by atoms with E-state index in [4.69, 9.17) is 4.74 Å². The Labute approximate surface area is 82.0 Å². The third kappa shape index (κ3) is 0.954. The van der Waals surface area contributed by atoms with Crippen LogP contribution in [0.1, 0.15) is 11.4 Å². The average Bonchev–Trinajstić information content (AvgIpc) is 2.65. The van der Waals surface area contributed by atoms with E-state index in [-0.39, 0.29) is 0 Å². The van der Waals surface area contributed by atoms with Crippen LogP contribution in [0.4, 0.5) is 0 Å². The van der Waals surface area contributed by atoms with Crippen LogP contribution in [0.3, 0.4) is 0 Å². The Morgan fingerprint density at radius 2 is 2.36 bits per heavy atom. The maximum absolute atomic E-state index is 5.61. The smallest absolute Gasteiger partial charge is 0.151 e.